The number of piperidine rings is 1. The number of anilines is 1. The van der Waals surface area contributed by atoms with E-state index in [1.807, 2.05) is 6.07 Å². The van der Waals surface area contributed by atoms with Gasteiger partial charge in [0, 0.05) is 37.8 Å². The van der Waals surface area contributed by atoms with Crippen LogP contribution in [0.1, 0.15) is 36.4 Å². The number of carbonyl (C=O) groups is 1. The van der Waals surface area contributed by atoms with E-state index in [2.05, 4.69) is 59.3 Å². The van der Waals surface area contributed by atoms with Crippen LogP contribution in [-0.2, 0) is 4.74 Å². The predicted molar refractivity (Wildman–Crippen MR) is 125 cm³/mol. The summed E-state index contributed by atoms with van der Waals surface area (Å²) < 4.78 is 5.53. The molecular weight excluding hydrogens is 394 g/mol. The molecule has 3 heterocycles. The molecule has 2 aliphatic rings. The number of benzene rings is 1. The highest BCUT2D eigenvalue weighted by Gasteiger charge is 2.24. The first-order chi connectivity index (χ1) is 14.6. The highest BCUT2D eigenvalue weighted by molar-refractivity contribution is 7.18. The van der Waals surface area contributed by atoms with Crippen LogP contribution in [0.2, 0.25) is 0 Å². The molecule has 0 saturated carbocycles. The van der Waals surface area contributed by atoms with Crippen molar-refractivity contribution in [3.05, 3.63) is 41.3 Å². The molecule has 4 rings (SSSR count). The van der Waals surface area contributed by atoms with E-state index < -0.39 is 0 Å². The van der Waals surface area contributed by atoms with Crippen molar-refractivity contribution in [1.82, 2.24) is 10.2 Å². The zero-order valence-corrected chi connectivity index (χ0v) is 18.9. The van der Waals surface area contributed by atoms with Gasteiger partial charge < -0.3 is 15.0 Å². The lowest BCUT2D eigenvalue weighted by Crippen LogP contribution is -2.46. The quantitative estimate of drug-likeness (QED) is 0.754. The lowest BCUT2D eigenvalue weighted by atomic mass is 9.99. The first-order valence-corrected chi connectivity index (χ1v) is 12.0. The van der Waals surface area contributed by atoms with Crippen LogP contribution in [0, 0.1) is 5.92 Å². The lowest BCUT2D eigenvalue weighted by Gasteiger charge is -2.35. The normalized spacial score (nSPS) is 21.4. The maximum Gasteiger partial charge on any atom is 0.261 e. The minimum Gasteiger partial charge on any atom is -0.378 e. The van der Waals surface area contributed by atoms with Crippen molar-refractivity contribution in [1.29, 1.82) is 0 Å². The Morgan fingerprint density at radius 3 is 2.73 bits per heavy atom. The van der Waals surface area contributed by atoms with Gasteiger partial charge >= 0.3 is 0 Å². The van der Waals surface area contributed by atoms with Crippen LogP contribution >= 0.6 is 11.3 Å². The first-order valence-electron chi connectivity index (χ1n) is 11.2. The van der Waals surface area contributed by atoms with Crippen molar-refractivity contribution in [2.75, 3.05) is 50.8 Å². The number of nitrogens with one attached hydrogen (secondary N) is 1. The highest BCUT2D eigenvalue weighted by atomic mass is 32.1. The van der Waals surface area contributed by atoms with Crippen molar-refractivity contribution in [3.8, 4) is 11.1 Å². The van der Waals surface area contributed by atoms with Gasteiger partial charge in [-0.2, -0.15) is 0 Å². The number of amides is 1. The first kappa shape index (κ1) is 21.3. The molecule has 30 heavy (non-hydrogen) atoms. The Balaban J connectivity index is 1.47. The molecule has 1 amide bonds. The van der Waals surface area contributed by atoms with E-state index in [1.54, 1.807) is 11.3 Å². The van der Waals surface area contributed by atoms with Crippen LogP contribution in [0.3, 0.4) is 0 Å². The summed E-state index contributed by atoms with van der Waals surface area (Å²) in [5.41, 5.74) is 2.30. The molecule has 6 heteroatoms. The Labute approximate surface area is 184 Å². The predicted octanol–water partition coefficient (Wildman–Crippen LogP) is 4.10. The summed E-state index contributed by atoms with van der Waals surface area (Å²) >= 11 is 1.60. The molecule has 1 N–H and O–H groups in total. The van der Waals surface area contributed by atoms with E-state index in [9.17, 15) is 4.79 Å². The van der Waals surface area contributed by atoms with Crippen LogP contribution < -0.4 is 10.2 Å². The van der Waals surface area contributed by atoms with E-state index in [0.717, 1.165) is 61.3 Å². The third-order valence-corrected chi connectivity index (χ3v) is 7.38. The number of thiophene rings is 1. The van der Waals surface area contributed by atoms with Crippen molar-refractivity contribution in [2.24, 2.45) is 5.92 Å². The minimum absolute atomic E-state index is 0.0357. The number of hydrogen-bond acceptors (Lipinski definition) is 5. The molecule has 2 fully saturated rings. The largest absolute Gasteiger partial charge is 0.378 e. The van der Waals surface area contributed by atoms with Gasteiger partial charge in [0.05, 0.1) is 23.1 Å². The summed E-state index contributed by atoms with van der Waals surface area (Å²) in [4.78, 5) is 18.7. The van der Waals surface area contributed by atoms with Gasteiger partial charge in [0.1, 0.15) is 0 Å². The molecule has 5 nitrogen and oxygen atoms in total. The standard InChI is InChI=1S/C24H33N3O2S/c1-18-7-6-10-27(17-18)19(2)16-25-23(28)22-15-21(20-8-4-3-5-9-20)24(30-22)26-11-13-29-14-12-26/h3-5,8-9,15,18-19H,6-7,10-14,16-17H2,1-2H3,(H,25,28). The summed E-state index contributed by atoms with van der Waals surface area (Å²) in [6.45, 7) is 10.7. The van der Waals surface area contributed by atoms with Crippen molar-refractivity contribution in [3.63, 3.8) is 0 Å². The Kier molecular flexibility index (Phi) is 7.08. The smallest absolute Gasteiger partial charge is 0.261 e. The number of carbonyl (C=O) groups excluding carboxylic acids is 1. The Bertz CT molecular complexity index is 832. The van der Waals surface area contributed by atoms with E-state index in [4.69, 9.17) is 4.74 Å². The molecule has 2 aliphatic heterocycles. The fourth-order valence-corrected chi connectivity index (χ4v) is 5.55. The van der Waals surface area contributed by atoms with Gasteiger partial charge in [-0.3, -0.25) is 9.69 Å². The zero-order valence-electron chi connectivity index (χ0n) is 18.1. The molecule has 0 spiro atoms. The lowest BCUT2D eigenvalue weighted by molar-refractivity contribution is 0.0921. The SMILES string of the molecule is CC1CCCN(C(C)CNC(=O)c2cc(-c3ccccc3)c(N3CCOCC3)s2)C1. The molecule has 162 valence electrons. The minimum atomic E-state index is 0.0357. The van der Waals surface area contributed by atoms with Gasteiger partial charge in [0.15, 0.2) is 0 Å². The van der Waals surface area contributed by atoms with E-state index >= 15 is 0 Å². The summed E-state index contributed by atoms with van der Waals surface area (Å²) in [5.74, 6) is 0.785. The molecule has 0 bridgehead atoms. The summed E-state index contributed by atoms with van der Waals surface area (Å²) in [7, 11) is 0. The highest BCUT2D eigenvalue weighted by Crippen LogP contribution is 2.39. The maximum absolute atomic E-state index is 13.0. The molecule has 1 aromatic carbocycles. The number of likely N-dealkylation sites (tertiary alicyclic amines) is 1. The number of ether oxygens (including phenoxy) is 1. The van der Waals surface area contributed by atoms with E-state index in [0.29, 0.717) is 12.6 Å². The monoisotopic (exact) mass is 427 g/mol. The number of morpholine rings is 1. The fourth-order valence-electron chi connectivity index (χ4n) is 4.40. The number of rotatable bonds is 6. The fraction of sp³-hybridized carbons (Fsp3) is 0.542. The Morgan fingerprint density at radius 2 is 2.00 bits per heavy atom. The number of hydrogen-bond donors (Lipinski definition) is 1. The van der Waals surface area contributed by atoms with Gasteiger partial charge in [-0.1, -0.05) is 37.3 Å². The van der Waals surface area contributed by atoms with Crippen LogP contribution in [0.25, 0.3) is 11.1 Å². The molecule has 2 aromatic rings. The summed E-state index contributed by atoms with van der Waals surface area (Å²) in [5, 5.41) is 4.37. The van der Waals surface area contributed by atoms with Crippen LogP contribution in [0.15, 0.2) is 36.4 Å². The molecular formula is C24H33N3O2S. The summed E-state index contributed by atoms with van der Waals surface area (Å²) in [6, 6.07) is 12.8. The van der Waals surface area contributed by atoms with Crippen LogP contribution in [0.4, 0.5) is 5.00 Å². The maximum atomic E-state index is 13.0. The summed E-state index contributed by atoms with van der Waals surface area (Å²) in [6.07, 6.45) is 2.57. The second-order valence-electron chi connectivity index (χ2n) is 8.60. The third kappa shape index (κ3) is 5.05. The second-order valence-corrected chi connectivity index (χ2v) is 9.63. The van der Waals surface area contributed by atoms with Gasteiger partial charge in [-0.05, 0) is 43.9 Å². The Morgan fingerprint density at radius 1 is 1.23 bits per heavy atom. The van der Waals surface area contributed by atoms with Gasteiger partial charge in [0.2, 0.25) is 0 Å². The molecule has 0 aliphatic carbocycles. The Hall–Kier alpha value is -1.89. The molecule has 0 radical (unpaired) electrons. The molecule has 1 aromatic heterocycles. The average Bonchev–Trinajstić information content (AvgIpc) is 3.24. The molecule has 2 atom stereocenters. The molecule has 2 unspecified atom stereocenters. The molecule has 2 saturated heterocycles. The van der Waals surface area contributed by atoms with Crippen molar-refractivity contribution in [2.45, 2.75) is 32.7 Å². The number of nitrogens with zero attached hydrogens (tertiary/aromatic N) is 2. The van der Waals surface area contributed by atoms with E-state index in [1.165, 1.54) is 17.8 Å². The van der Waals surface area contributed by atoms with Gasteiger partial charge in [-0.25, -0.2) is 0 Å². The van der Waals surface area contributed by atoms with Crippen LogP contribution in [0.5, 0.6) is 0 Å². The van der Waals surface area contributed by atoms with Gasteiger partial charge in [0.25, 0.3) is 5.91 Å². The average molecular weight is 428 g/mol. The zero-order chi connectivity index (χ0) is 20.9. The van der Waals surface area contributed by atoms with Gasteiger partial charge in [-0.15, -0.1) is 11.3 Å². The van der Waals surface area contributed by atoms with Crippen molar-refractivity contribution < 1.29 is 9.53 Å². The van der Waals surface area contributed by atoms with Crippen LogP contribution in [-0.4, -0.2) is 62.8 Å². The second kappa shape index (κ2) is 9.94. The van der Waals surface area contributed by atoms with Crippen molar-refractivity contribution >= 4 is 22.2 Å². The van der Waals surface area contributed by atoms with E-state index in [-0.39, 0.29) is 5.91 Å². The topological polar surface area (TPSA) is 44.8 Å². The third-order valence-electron chi connectivity index (χ3n) is 6.19.